The van der Waals surface area contributed by atoms with E-state index in [1.54, 1.807) is 6.92 Å². The molecule has 0 spiro atoms. The average molecular weight is 227 g/mol. The van der Waals surface area contributed by atoms with Crippen molar-refractivity contribution >= 4 is 17.9 Å². The van der Waals surface area contributed by atoms with E-state index in [0.29, 0.717) is 6.61 Å². The minimum absolute atomic E-state index is 0.0193. The Hall–Kier alpha value is -2.12. The van der Waals surface area contributed by atoms with Crippen LogP contribution in [-0.4, -0.2) is 41.2 Å². The Morgan fingerprint density at radius 1 is 1.44 bits per heavy atom. The van der Waals surface area contributed by atoms with E-state index < -0.39 is 5.97 Å². The molecule has 0 saturated heterocycles. The van der Waals surface area contributed by atoms with E-state index in [2.05, 4.69) is 25.0 Å². The summed E-state index contributed by atoms with van der Waals surface area (Å²) >= 11 is 0. The van der Waals surface area contributed by atoms with Gasteiger partial charge in [0, 0.05) is 0 Å². The lowest BCUT2D eigenvalue weighted by molar-refractivity contribution is -0.138. The maximum absolute atomic E-state index is 10.9. The summed E-state index contributed by atoms with van der Waals surface area (Å²) in [6.07, 6.45) is 0. The van der Waals surface area contributed by atoms with Gasteiger partial charge in [0.2, 0.25) is 11.9 Å². The maximum atomic E-state index is 10.9. The zero-order chi connectivity index (χ0) is 12.0. The van der Waals surface area contributed by atoms with Gasteiger partial charge in [0.05, 0.1) is 13.7 Å². The van der Waals surface area contributed by atoms with E-state index in [-0.39, 0.29) is 24.5 Å². The second kappa shape index (κ2) is 5.69. The van der Waals surface area contributed by atoms with Gasteiger partial charge in [-0.2, -0.15) is 15.0 Å². The van der Waals surface area contributed by atoms with Crippen molar-refractivity contribution < 1.29 is 14.3 Å². The van der Waals surface area contributed by atoms with Crippen LogP contribution in [0.1, 0.15) is 6.92 Å². The molecule has 1 aromatic heterocycles. The molecule has 0 unspecified atom stereocenters. The lowest BCUT2D eigenvalue weighted by atomic mass is 10.6. The summed E-state index contributed by atoms with van der Waals surface area (Å²) < 4.78 is 9.51. The third kappa shape index (κ3) is 3.56. The highest BCUT2D eigenvalue weighted by Crippen LogP contribution is 2.08. The Labute approximate surface area is 92.2 Å². The molecule has 0 aliphatic heterocycles. The highest BCUT2D eigenvalue weighted by atomic mass is 16.5. The van der Waals surface area contributed by atoms with E-state index in [4.69, 9.17) is 10.5 Å². The molecule has 0 aromatic carbocycles. The fourth-order valence-electron chi connectivity index (χ4n) is 0.868. The molecule has 8 heteroatoms. The van der Waals surface area contributed by atoms with Crippen molar-refractivity contribution in [3.8, 4) is 6.01 Å². The van der Waals surface area contributed by atoms with Crippen LogP contribution in [0, 0.1) is 0 Å². The molecule has 3 N–H and O–H groups in total. The Balaban J connectivity index is 2.68. The first-order valence-corrected chi connectivity index (χ1v) is 4.60. The number of nitrogens with zero attached hydrogens (tertiary/aromatic N) is 3. The molecular formula is C8H13N5O3. The van der Waals surface area contributed by atoms with Gasteiger partial charge in [-0.1, -0.05) is 0 Å². The van der Waals surface area contributed by atoms with Gasteiger partial charge in [0.25, 0.3) is 0 Å². The molecule has 0 aliphatic carbocycles. The number of carbonyl (C=O) groups excluding carboxylic acids is 1. The summed E-state index contributed by atoms with van der Waals surface area (Å²) in [4.78, 5) is 22.3. The summed E-state index contributed by atoms with van der Waals surface area (Å²) in [5.41, 5.74) is 5.43. The van der Waals surface area contributed by atoms with E-state index in [1.165, 1.54) is 7.11 Å². The summed E-state index contributed by atoms with van der Waals surface area (Å²) in [6.45, 7) is 2.16. The fraction of sp³-hybridized carbons (Fsp3) is 0.500. The second-order valence-electron chi connectivity index (χ2n) is 2.66. The number of esters is 1. The second-order valence-corrected chi connectivity index (χ2v) is 2.66. The first-order valence-electron chi connectivity index (χ1n) is 4.60. The first kappa shape index (κ1) is 12.0. The van der Waals surface area contributed by atoms with Gasteiger partial charge in [0.15, 0.2) is 0 Å². The number of nitrogen functional groups attached to an aromatic ring is 1. The number of carbonyl (C=O) groups is 1. The van der Waals surface area contributed by atoms with Crippen LogP contribution in [0.2, 0.25) is 0 Å². The molecule has 0 radical (unpaired) electrons. The molecule has 0 fully saturated rings. The number of aromatic nitrogens is 3. The highest BCUT2D eigenvalue weighted by Gasteiger charge is 2.06. The smallest absolute Gasteiger partial charge is 0.325 e. The number of anilines is 2. The third-order valence-corrected chi connectivity index (χ3v) is 1.52. The monoisotopic (exact) mass is 227 g/mol. The topological polar surface area (TPSA) is 112 Å². The van der Waals surface area contributed by atoms with E-state index in [9.17, 15) is 4.79 Å². The van der Waals surface area contributed by atoms with Gasteiger partial charge in [-0.15, -0.1) is 0 Å². The average Bonchev–Trinajstić information content (AvgIpc) is 2.25. The standard InChI is InChI=1S/C8H13N5O3/c1-3-16-8-12-6(9)11-7(13-8)10-4-5(14)15-2/h3-4H2,1-2H3,(H3,9,10,11,12,13). The van der Waals surface area contributed by atoms with Gasteiger partial charge in [-0.25, -0.2) is 0 Å². The van der Waals surface area contributed by atoms with E-state index in [0.717, 1.165) is 0 Å². The molecule has 0 amide bonds. The molecule has 0 bridgehead atoms. The van der Waals surface area contributed by atoms with Crippen LogP contribution in [0.5, 0.6) is 6.01 Å². The molecule has 0 aliphatic rings. The highest BCUT2D eigenvalue weighted by molar-refractivity contribution is 5.74. The van der Waals surface area contributed by atoms with Crippen molar-refractivity contribution in [2.75, 3.05) is 31.3 Å². The van der Waals surface area contributed by atoms with Crippen molar-refractivity contribution in [1.29, 1.82) is 0 Å². The van der Waals surface area contributed by atoms with Crippen molar-refractivity contribution in [1.82, 2.24) is 15.0 Å². The quantitative estimate of drug-likeness (QED) is 0.643. The van der Waals surface area contributed by atoms with Crippen molar-refractivity contribution in [3.05, 3.63) is 0 Å². The Morgan fingerprint density at radius 3 is 2.81 bits per heavy atom. The van der Waals surface area contributed by atoms with E-state index >= 15 is 0 Å². The van der Waals surface area contributed by atoms with Crippen LogP contribution >= 0.6 is 0 Å². The number of methoxy groups -OCH3 is 1. The third-order valence-electron chi connectivity index (χ3n) is 1.52. The van der Waals surface area contributed by atoms with E-state index in [1.807, 2.05) is 0 Å². The molecule has 1 rings (SSSR count). The summed E-state index contributed by atoms with van der Waals surface area (Å²) in [7, 11) is 1.29. The predicted molar refractivity (Wildman–Crippen MR) is 55.9 cm³/mol. The Kier molecular flexibility index (Phi) is 4.25. The van der Waals surface area contributed by atoms with Gasteiger partial charge >= 0.3 is 12.0 Å². The number of hydrogen-bond acceptors (Lipinski definition) is 8. The number of hydrogen-bond donors (Lipinski definition) is 2. The zero-order valence-corrected chi connectivity index (χ0v) is 9.06. The van der Waals surface area contributed by atoms with Crippen LogP contribution in [0.25, 0.3) is 0 Å². The minimum Gasteiger partial charge on any atom is -0.468 e. The SMILES string of the molecule is CCOc1nc(N)nc(NCC(=O)OC)n1. The molecule has 88 valence electrons. The largest absolute Gasteiger partial charge is 0.468 e. The van der Waals surface area contributed by atoms with Crippen LogP contribution in [0.3, 0.4) is 0 Å². The molecule has 0 saturated carbocycles. The first-order chi connectivity index (χ1) is 7.65. The molecule has 1 heterocycles. The maximum Gasteiger partial charge on any atom is 0.325 e. The predicted octanol–water partition coefficient (Wildman–Crippen LogP) is -0.563. The number of rotatable bonds is 5. The van der Waals surface area contributed by atoms with Crippen LogP contribution in [0.4, 0.5) is 11.9 Å². The molecule has 16 heavy (non-hydrogen) atoms. The number of ether oxygens (including phenoxy) is 2. The summed E-state index contributed by atoms with van der Waals surface area (Å²) in [5.74, 6) is -0.246. The minimum atomic E-state index is -0.433. The van der Waals surface area contributed by atoms with Gasteiger partial charge in [-0.05, 0) is 6.92 Å². The lowest BCUT2D eigenvalue weighted by Gasteiger charge is -2.06. The number of nitrogens with two attached hydrogens (primary N) is 1. The van der Waals surface area contributed by atoms with Crippen LogP contribution in [0.15, 0.2) is 0 Å². The molecular weight excluding hydrogens is 214 g/mol. The normalized spacial score (nSPS) is 9.62. The van der Waals surface area contributed by atoms with Crippen molar-refractivity contribution in [2.24, 2.45) is 0 Å². The van der Waals surface area contributed by atoms with Crippen LogP contribution in [-0.2, 0) is 9.53 Å². The number of nitrogens with one attached hydrogen (secondary N) is 1. The van der Waals surface area contributed by atoms with Gasteiger partial charge < -0.3 is 20.5 Å². The molecule has 1 aromatic rings. The summed E-state index contributed by atoms with van der Waals surface area (Å²) in [6, 6.07) is 0.113. The van der Waals surface area contributed by atoms with Crippen molar-refractivity contribution in [2.45, 2.75) is 6.92 Å². The fourth-order valence-corrected chi connectivity index (χ4v) is 0.868. The molecule has 0 atom stereocenters. The molecule has 8 nitrogen and oxygen atoms in total. The zero-order valence-electron chi connectivity index (χ0n) is 9.06. The van der Waals surface area contributed by atoms with Crippen molar-refractivity contribution in [3.63, 3.8) is 0 Å². The Morgan fingerprint density at radius 2 is 2.19 bits per heavy atom. The van der Waals surface area contributed by atoms with Crippen LogP contribution < -0.4 is 15.8 Å². The van der Waals surface area contributed by atoms with Gasteiger partial charge in [-0.3, -0.25) is 4.79 Å². The Bertz CT molecular complexity index is 371. The van der Waals surface area contributed by atoms with Gasteiger partial charge in [0.1, 0.15) is 6.54 Å². The lowest BCUT2D eigenvalue weighted by Crippen LogP contribution is -2.17. The summed E-state index contributed by atoms with van der Waals surface area (Å²) in [5, 5.41) is 2.64.